The van der Waals surface area contributed by atoms with Crippen molar-refractivity contribution in [2.45, 2.75) is 19.8 Å². The molecule has 0 saturated carbocycles. The zero-order valence-corrected chi connectivity index (χ0v) is 13.8. The van der Waals surface area contributed by atoms with Gasteiger partial charge in [-0.15, -0.1) is 0 Å². The van der Waals surface area contributed by atoms with E-state index < -0.39 is 34.6 Å². The van der Waals surface area contributed by atoms with Crippen LogP contribution in [0, 0.1) is 40.9 Å². The van der Waals surface area contributed by atoms with Crippen LogP contribution in [-0.4, -0.2) is 0 Å². The summed E-state index contributed by atoms with van der Waals surface area (Å²) in [6, 6.07) is 7.53. The van der Waals surface area contributed by atoms with E-state index in [1.165, 1.54) is 6.07 Å². The van der Waals surface area contributed by atoms with Crippen molar-refractivity contribution in [1.29, 1.82) is 0 Å². The average Bonchev–Trinajstić information content (AvgIpc) is 2.59. The second-order valence-electron chi connectivity index (χ2n) is 5.86. The van der Waals surface area contributed by atoms with Crippen LogP contribution in [0.2, 0.25) is 0 Å². The highest BCUT2D eigenvalue weighted by molar-refractivity contribution is 5.85. The number of hydrogen-bond donors (Lipinski definition) is 0. The molecule has 0 heterocycles. The molecule has 0 aliphatic heterocycles. The maximum atomic E-state index is 14.6. The van der Waals surface area contributed by atoms with Gasteiger partial charge in [0.1, 0.15) is 11.6 Å². The third kappa shape index (κ3) is 3.41. The first-order chi connectivity index (χ1) is 12.4. The number of benzene rings is 3. The summed E-state index contributed by atoms with van der Waals surface area (Å²) >= 11 is 0. The zero-order valence-electron chi connectivity index (χ0n) is 13.8. The Kier molecular flexibility index (Phi) is 4.94. The summed E-state index contributed by atoms with van der Waals surface area (Å²) in [5.41, 5.74) is 0.236. The van der Waals surface area contributed by atoms with Gasteiger partial charge in [0.2, 0.25) is 0 Å². The van der Waals surface area contributed by atoms with Crippen LogP contribution in [0.15, 0.2) is 36.4 Å². The van der Waals surface area contributed by atoms with Gasteiger partial charge in [0.15, 0.2) is 17.5 Å². The van der Waals surface area contributed by atoms with Gasteiger partial charge in [0, 0.05) is 10.9 Å². The molecular weight excluding hydrogens is 347 g/mol. The third-order valence-electron chi connectivity index (χ3n) is 3.95. The first kappa shape index (κ1) is 17.9. The Bertz CT molecular complexity index is 1030. The average molecular weight is 360 g/mol. The van der Waals surface area contributed by atoms with Crippen molar-refractivity contribution in [2.24, 2.45) is 0 Å². The fourth-order valence-corrected chi connectivity index (χ4v) is 2.70. The summed E-state index contributed by atoms with van der Waals surface area (Å²) in [7, 11) is 0. The van der Waals surface area contributed by atoms with Crippen LogP contribution >= 0.6 is 0 Å². The van der Waals surface area contributed by atoms with Crippen LogP contribution in [0.4, 0.5) is 22.0 Å². The molecule has 0 spiro atoms. The topological polar surface area (TPSA) is 0 Å². The summed E-state index contributed by atoms with van der Waals surface area (Å²) in [6.45, 7) is 2.01. The standard InChI is InChI=1S/C21H13F5/c1-2-3-12-4-6-15-14(8-12)11-17(22)16(20(15)25)7-5-13-9-18(23)21(26)19(24)10-13/h4,6,8-11H,2-3H2,1H3. The first-order valence-corrected chi connectivity index (χ1v) is 7.98. The molecular formula is C21H13F5. The molecule has 132 valence electrons. The van der Waals surface area contributed by atoms with Gasteiger partial charge in [0.05, 0.1) is 5.56 Å². The zero-order chi connectivity index (χ0) is 18.8. The molecule has 0 aliphatic rings. The number of hydrogen-bond acceptors (Lipinski definition) is 0. The van der Waals surface area contributed by atoms with Crippen molar-refractivity contribution in [2.75, 3.05) is 0 Å². The quantitative estimate of drug-likeness (QED) is 0.304. The van der Waals surface area contributed by atoms with Crippen LogP contribution in [0.25, 0.3) is 10.8 Å². The second kappa shape index (κ2) is 7.17. The molecule has 0 amide bonds. The monoisotopic (exact) mass is 360 g/mol. The van der Waals surface area contributed by atoms with Crippen LogP contribution in [-0.2, 0) is 6.42 Å². The summed E-state index contributed by atoms with van der Waals surface area (Å²) in [4.78, 5) is 0. The number of halogens is 5. The smallest absolute Gasteiger partial charge is 0.194 e. The van der Waals surface area contributed by atoms with Crippen LogP contribution in [0.5, 0.6) is 0 Å². The molecule has 3 aromatic carbocycles. The van der Waals surface area contributed by atoms with Gasteiger partial charge in [0.25, 0.3) is 0 Å². The van der Waals surface area contributed by atoms with Crippen molar-refractivity contribution in [3.8, 4) is 11.8 Å². The molecule has 0 aromatic heterocycles. The van der Waals surface area contributed by atoms with Crippen LogP contribution in [0.3, 0.4) is 0 Å². The largest absolute Gasteiger partial charge is 0.205 e. The number of aryl methyl sites for hydroxylation is 1. The molecule has 0 N–H and O–H groups in total. The molecule has 3 rings (SSSR count). The fraction of sp³-hybridized carbons (Fsp3) is 0.143. The molecule has 0 fully saturated rings. The first-order valence-electron chi connectivity index (χ1n) is 7.98. The molecule has 0 saturated heterocycles. The van der Waals surface area contributed by atoms with Crippen molar-refractivity contribution in [3.63, 3.8) is 0 Å². The Morgan fingerprint density at radius 1 is 0.769 bits per heavy atom. The summed E-state index contributed by atoms with van der Waals surface area (Å²) < 4.78 is 68.2. The second-order valence-corrected chi connectivity index (χ2v) is 5.86. The minimum absolute atomic E-state index is 0.201. The summed E-state index contributed by atoms with van der Waals surface area (Å²) in [5, 5.41) is 0.613. The maximum absolute atomic E-state index is 14.6. The van der Waals surface area contributed by atoms with Gasteiger partial charge in [-0.3, -0.25) is 0 Å². The van der Waals surface area contributed by atoms with Gasteiger partial charge >= 0.3 is 0 Å². The van der Waals surface area contributed by atoms with Gasteiger partial charge in [-0.25, -0.2) is 22.0 Å². The molecule has 0 nitrogen and oxygen atoms in total. The Balaban J connectivity index is 2.08. The van der Waals surface area contributed by atoms with Gasteiger partial charge in [-0.1, -0.05) is 43.4 Å². The lowest BCUT2D eigenvalue weighted by Gasteiger charge is -2.06. The SMILES string of the molecule is CCCc1ccc2c(F)c(C#Cc3cc(F)c(F)c(F)c3)c(F)cc2c1. The van der Waals surface area contributed by atoms with E-state index in [1.54, 1.807) is 18.2 Å². The highest BCUT2D eigenvalue weighted by Gasteiger charge is 2.13. The van der Waals surface area contributed by atoms with Crippen molar-refractivity contribution in [1.82, 2.24) is 0 Å². The Morgan fingerprint density at radius 3 is 2.12 bits per heavy atom. The van der Waals surface area contributed by atoms with Crippen LogP contribution in [0.1, 0.15) is 30.0 Å². The van der Waals surface area contributed by atoms with E-state index in [1.807, 2.05) is 6.92 Å². The maximum Gasteiger partial charge on any atom is 0.194 e. The van der Waals surface area contributed by atoms with E-state index in [2.05, 4.69) is 11.8 Å². The molecule has 0 atom stereocenters. The highest BCUT2D eigenvalue weighted by Crippen LogP contribution is 2.25. The molecule has 0 radical (unpaired) electrons. The predicted octanol–water partition coefficient (Wildman–Crippen LogP) is 5.89. The molecule has 0 unspecified atom stereocenters. The number of rotatable bonds is 2. The molecule has 26 heavy (non-hydrogen) atoms. The fourth-order valence-electron chi connectivity index (χ4n) is 2.70. The molecule has 5 heteroatoms. The predicted molar refractivity (Wildman–Crippen MR) is 90.2 cm³/mol. The Morgan fingerprint density at radius 2 is 1.46 bits per heavy atom. The van der Waals surface area contributed by atoms with Crippen molar-refractivity contribution >= 4 is 10.8 Å². The third-order valence-corrected chi connectivity index (χ3v) is 3.95. The Labute approximate surface area is 147 Å². The molecule has 0 aliphatic carbocycles. The van der Waals surface area contributed by atoms with E-state index in [-0.39, 0.29) is 10.9 Å². The lowest BCUT2D eigenvalue weighted by Crippen LogP contribution is -1.95. The van der Waals surface area contributed by atoms with E-state index in [0.29, 0.717) is 17.5 Å². The van der Waals surface area contributed by atoms with Crippen molar-refractivity contribution < 1.29 is 22.0 Å². The number of fused-ring (bicyclic) bond motifs is 1. The van der Waals surface area contributed by atoms with Gasteiger partial charge in [-0.05, 0) is 35.6 Å². The van der Waals surface area contributed by atoms with E-state index in [0.717, 1.165) is 18.4 Å². The normalized spacial score (nSPS) is 10.7. The van der Waals surface area contributed by atoms with Gasteiger partial charge in [-0.2, -0.15) is 0 Å². The van der Waals surface area contributed by atoms with Gasteiger partial charge < -0.3 is 0 Å². The van der Waals surface area contributed by atoms with E-state index in [4.69, 9.17) is 0 Å². The minimum atomic E-state index is -1.62. The van der Waals surface area contributed by atoms with E-state index >= 15 is 0 Å². The van der Waals surface area contributed by atoms with Crippen molar-refractivity contribution in [3.05, 3.63) is 82.2 Å². The molecule has 3 aromatic rings. The molecule has 0 bridgehead atoms. The van der Waals surface area contributed by atoms with E-state index in [9.17, 15) is 22.0 Å². The summed E-state index contributed by atoms with van der Waals surface area (Å²) in [5.74, 6) is -1.67. The minimum Gasteiger partial charge on any atom is -0.205 e. The Hall–Kier alpha value is -2.87. The summed E-state index contributed by atoms with van der Waals surface area (Å²) in [6.07, 6.45) is 1.70. The lowest BCUT2D eigenvalue weighted by molar-refractivity contribution is 0.446. The lowest BCUT2D eigenvalue weighted by atomic mass is 10.0. The van der Waals surface area contributed by atoms with Crippen LogP contribution < -0.4 is 0 Å². The highest BCUT2D eigenvalue weighted by atomic mass is 19.2.